The van der Waals surface area contributed by atoms with Gasteiger partial charge in [0, 0.05) is 35.6 Å². The van der Waals surface area contributed by atoms with Crippen LogP contribution in [0.4, 0.5) is 0 Å². The zero-order chi connectivity index (χ0) is 20.7. The maximum absolute atomic E-state index is 13.5. The lowest BCUT2D eigenvalue weighted by Gasteiger charge is -2.64. The van der Waals surface area contributed by atoms with Crippen LogP contribution in [0.5, 0.6) is 5.75 Å². The van der Waals surface area contributed by atoms with E-state index in [1.807, 2.05) is 0 Å². The molecule has 1 aromatic heterocycles. The van der Waals surface area contributed by atoms with Gasteiger partial charge in [-0.3, -0.25) is 4.79 Å². The molecule has 0 radical (unpaired) electrons. The van der Waals surface area contributed by atoms with Crippen LogP contribution in [0.1, 0.15) is 83.6 Å². The first kappa shape index (κ1) is 18.8. The standard InChI is InChI=1S/C26H34N2O2/c1-16(20-14-27-21-5-4-6-22(24(20)21)30-19-7-8-19)9-23(29)28-17-10-25(2)11-18(28)13-26(3,12-17)15-25/h4-6,14,16-19,27H,7-13,15H2,1-3H3. The third-order valence-corrected chi connectivity index (χ3v) is 8.37. The number of nitrogens with one attached hydrogen (secondary N) is 1. The molecule has 3 saturated carbocycles. The minimum atomic E-state index is 0.179. The third kappa shape index (κ3) is 2.98. The average molecular weight is 407 g/mol. The van der Waals surface area contributed by atoms with Crippen LogP contribution in [0.15, 0.2) is 24.4 Å². The van der Waals surface area contributed by atoms with Gasteiger partial charge < -0.3 is 14.6 Å². The Kier molecular flexibility index (Phi) is 3.93. The molecule has 2 aliphatic heterocycles. The van der Waals surface area contributed by atoms with E-state index in [0.29, 0.717) is 41.3 Å². The lowest BCUT2D eigenvalue weighted by atomic mass is 9.50. The van der Waals surface area contributed by atoms with E-state index < -0.39 is 0 Å². The van der Waals surface area contributed by atoms with E-state index >= 15 is 0 Å². The molecular formula is C26H34N2O2. The van der Waals surface area contributed by atoms with Gasteiger partial charge in [0.2, 0.25) is 5.91 Å². The predicted octanol–water partition coefficient (Wildman–Crippen LogP) is 5.77. The van der Waals surface area contributed by atoms with Gasteiger partial charge in [0.25, 0.3) is 0 Å². The topological polar surface area (TPSA) is 45.3 Å². The molecule has 5 aliphatic rings. The quantitative estimate of drug-likeness (QED) is 0.685. The number of H-pyrrole nitrogens is 1. The first-order valence-corrected chi connectivity index (χ1v) is 11.9. The number of carbonyl (C=O) groups is 1. The smallest absolute Gasteiger partial charge is 0.223 e. The van der Waals surface area contributed by atoms with Crippen LogP contribution in [-0.4, -0.2) is 34.0 Å². The van der Waals surface area contributed by atoms with Crippen molar-refractivity contribution < 1.29 is 9.53 Å². The number of hydrogen-bond donors (Lipinski definition) is 1. The van der Waals surface area contributed by atoms with Gasteiger partial charge in [-0.2, -0.15) is 0 Å². The molecule has 1 N–H and O–H groups in total. The normalized spacial score (nSPS) is 35.8. The van der Waals surface area contributed by atoms with E-state index in [0.717, 1.165) is 24.1 Å². The van der Waals surface area contributed by atoms with Crippen LogP contribution in [0, 0.1) is 10.8 Å². The highest BCUT2D eigenvalue weighted by atomic mass is 16.5. The number of benzene rings is 1. The number of hydrogen-bond acceptors (Lipinski definition) is 2. The number of nitrogens with zero attached hydrogens (tertiary/aromatic N) is 1. The first-order valence-electron chi connectivity index (χ1n) is 11.9. The second-order valence-electron chi connectivity index (χ2n) is 11.6. The van der Waals surface area contributed by atoms with Gasteiger partial charge >= 0.3 is 0 Å². The summed E-state index contributed by atoms with van der Waals surface area (Å²) in [5.74, 6) is 1.51. The van der Waals surface area contributed by atoms with E-state index in [4.69, 9.17) is 4.74 Å². The Labute approximate surface area is 179 Å². The largest absolute Gasteiger partial charge is 0.490 e. The summed E-state index contributed by atoms with van der Waals surface area (Å²) >= 11 is 0. The average Bonchev–Trinajstić information content (AvgIpc) is 3.34. The van der Waals surface area contributed by atoms with Crippen molar-refractivity contribution in [3.8, 4) is 5.75 Å². The first-order chi connectivity index (χ1) is 14.3. The number of rotatable bonds is 5. The fourth-order valence-electron chi connectivity index (χ4n) is 7.51. The highest BCUT2D eigenvalue weighted by Gasteiger charge is 2.57. The Hall–Kier alpha value is -1.97. The van der Waals surface area contributed by atoms with Crippen LogP contribution in [-0.2, 0) is 4.79 Å². The van der Waals surface area contributed by atoms with E-state index in [1.54, 1.807) is 0 Å². The van der Waals surface area contributed by atoms with Crippen molar-refractivity contribution in [2.24, 2.45) is 10.8 Å². The molecule has 30 heavy (non-hydrogen) atoms. The van der Waals surface area contributed by atoms with Gasteiger partial charge in [0.15, 0.2) is 0 Å². The maximum atomic E-state index is 13.5. The fourth-order valence-corrected chi connectivity index (χ4v) is 7.51. The number of fused-ring (bicyclic) bond motifs is 1. The van der Waals surface area contributed by atoms with Crippen LogP contribution >= 0.6 is 0 Å². The molecule has 4 nitrogen and oxygen atoms in total. The molecule has 4 heteroatoms. The zero-order valence-corrected chi connectivity index (χ0v) is 18.5. The lowest BCUT2D eigenvalue weighted by Crippen LogP contribution is -2.65. The molecule has 160 valence electrons. The van der Waals surface area contributed by atoms with Gasteiger partial charge in [0.1, 0.15) is 5.75 Å². The Bertz CT molecular complexity index is 968. The molecule has 7 rings (SSSR count). The van der Waals surface area contributed by atoms with Crippen LogP contribution in [0.2, 0.25) is 0 Å². The minimum absolute atomic E-state index is 0.179. The summed E-state index contributed by atoms with van der Waals surface area (Å²) in [5, 5.41) is 1.17. The van der Waals surface area contributed by atoms with Gasteiger partial charge in [-0.1, -0.05) is 26.8 Å². The van der Waals surface area contributed by atoms with Crippen molar-refractivity contribution in [3.63, 3.8) is 0 Å². The number of aromatic amines is 1. The number of piperidine rings is 2. The molecule has 2 saturated heterocycles. The number of ether oxygens (including phenoxy) is 1. The molecule has 2 aromatic rings. The highest BCUT2D eigenvalue weighted by molar-refractivity contribution is 5.90. The van der Waals surface area contributed by atoms with Crippen LogP contribution < -0.4 is 4.74 Å². The molecule has 1 unspecified atom stereocenters. The predicted molar refractivity (Wildman–Crippen MR) is 119 cm³/mol. The summed E-state index contributed by atoms with van der Waals surface area (Å²) < 4.78 is 6.19. The molecule has 4 bridgehead atoms. The van der Waals surface area contributed by atoms with E-state index in [1.165, 1.54) is 43.1 Å². The van der Waals surface area contributed by atoms with E-state index in [9.17, 15) is 4.79 Å². The molecule has 3 heterocycles. The number of carbonyl (C=O) groups excluding carboxylic acids is 1. The molecule has 0 spiro atoms. The summed E-state index contributed by atoms with van der Waals surface area (Å²) in [6.07, 6.45) is 11.5. The second-order valence-corrected chi connectivity index (χ2v) is 11.6. The monoisotopic (exact) mass is 406 g/mol. The van der Waals surface area contributed by atoms with E-state index in [-0.39, 0.29) is 5.92 Å². The SMILES string of the molecule is CC(CC(=O)N1C2CC3(C)CC1CC(C)(C2)C3)c1c[nH]c2cccc(OC3CC3)c12. The second kappa shape index (κ2) is 6.27. The number of aromatic nitrogens is 1. The van der Waals surface area contributed by atoms with Crippen molar-refractivity contribution in [2.45, 2.75) is 96.2 Å². The summed E-state index contributed by atoms with van der Waals surface area (Å²) in [7, 11) is 0. The molecule has 1 amide bonds. The summed E-state index contributed by atoms with van der Waals surface area (Å²) in [6.45, 7) is 7.12. The Morgan fingerprint density at radius 3 is 2.47 bits per heavy atom. The summed E-state index contributed by atoms with van der Waals surface area (Å²) in [4.78, 5) is 19.3. The van der Waals surface area contributed by atoms with Gasteiger partial charge in [-0.25, -0.2) is 0 Å². The number of amides is 1. The van der Waals surface area contributed by atoms with Crippen molar-refractivity contribution >= 4 is 16.8 Å². The van der Waals surface area contributed by atoms with Crippen molar-refractivity contribution in [1.29, 1.82) is 0 Å². The van der Waals surface area contributed by atoms with Gasteiger partial charge in [-0.15, -0.1) is 0 Å². The Balaban J connectivity index is 1.24. The zero-order valence-electron chi connectivity index (χ0n) is 18.5. The van der Waals surface area contributed by atoms with Crippen molar-refractivity contribution in [2.75, 3.05) is 0 Å². The molecule has 5 fully saturated rings. The maximum Gasteiger partial charge on any atom is 0.223 e. The minimum Gasteiger partial charge on any atom is -0.490 e. The summed E-state index contributed by atoms with van der Waals surface area (Å²) in [6, 6.07) is 7.15. The van der Waals surface area contributed by atoms with Gasteiger partial charge in [-0.05, 0) is 79.4 Å². The molecular weight excluding hydrogens is 372 g/mol. The van der Waals surface area contributed by atoms with Crippen LogP contribution in [0.25, 0.3) is 10.9 Å². The van der Waals surface area contributed by atoms with Crippen molar-refractivity contribution in [1.82, 2.24) is 9.88 Å². The molecule has 1 aromatic carbocycles. The highest BCUT2D eigenvalue weighted by Crippen LogP contribution is 2.61. The fraction of sp³-hybridized carbons (Fsp3) is 0.654. The summed E-state index contributed by atoms with van der Waals surface area (Å²) in [5.41, 5.74) is 3.24. The Morgan fingerprint density at radius 1 is 1.17 bits per heavy atom. The van der Waals surface area contributed by atoms with Crippen LogP contribution in [0.3, 0.4) is 0 Å². The Morgan fingerprint density at radius 2 is 1.83 bits per heavy atom. The van der Waals surface area contributed by atoms with Crippen molar-refractivity contribution in [3.05, 3.63) is 30.0 Å². The lowest BCUT2D eigenvalue weighted by molar-refractivity contribution is -0.168. The van der Waals surface area contributed by atoms with Gasteiger partial charge in [0.05, 0.1) is 6.10 Å². The molecule has 3 aliphatic carbocycles. The third-order valence-electron chi connectivity index (χ3n) is 8.37. The van der Waals surface area contributed by atoms with E-state index in [2.05, 4.69) is 55.1 Å². The molecule has 1 atom stereocenters.